The maximum Gasteiger partial charge on any atom is 0.302 e. The lowest BCUT2D eigenvalue weighted by atomic mass is 9.80. The van der Waals surface area contributed by atoms with E-state index in [9.17, 15) is 14.3 Å². The quantitative estimate of drug-likeness (QED) is 0.488. The van der Waals surface area contributed by atoms with E-state index in [2.05, 4.69) is 18.4 Å². The summed E-state index contributed by atoms with van der Waals surface area (Å²) in [5.41, 5.74) is 4.64. The molecule has 0 radical (unpaired) electrons. The maximum atomic E-state index is 14.0. The number of aryl methyl sites for hydroxylation is 1. The molecule has 31 heavy (non-hydrogen) atoms. The molecule has 1 heterocycles. The molecule has 1 aliphatic rings. The van der Waals surface area contributed by atoms with E-state index in [0.717, 1.165) is 53.5 Å². The Labute approximate surface area is 182 Å². The van der Waals surface area contributed by atoms with Crippen LogP contribution >= 0.6 is 0 Å². The number of carbonyl (C=O) groups is 1. The fourth-order valence-corrected chi connectivity index (χ4v) is 5.15. The van der Waals surface area contributed by atoms with Crippen LogP contribution in [-0.2, 0) is 9.53 Å². The number of fused-ring (bicyclic) bond motifs is 1. The van der Waals surface area contributed by atoms with Gasteiger partial charge >= 0.3 is 5.97 Å². The third kappa shape index (κ3) is 3.93. The van der Waals surface area contributed by atoms with Crippen LogP contribution in [0.1, 0.15) is 75.1 Å². The van der Waals surface area contributed by atoms with Crippen molar-refractivity contribution in [2.75, 3.05) is 0 Å². The first kappa shape index (κ1) is 21.4. The Morgan fingerprint density at radius 3 is 2.68 bits per heavy atom. The molecular weight excluding hydrogens is 393 g/mol. The summed E-state index contributed by atoms with van der Waals surface area (Å²) in [7, 11) is 0. The topological polar surface area (TPSA) is 51.5 Å². The van der Waals surface area contributed by atoms with Gasteiger partial charge in [-0.25, -0.2) is 4.39 Å². The molecule has 0 spiro atoms. The molecule has 0 amide bonds. The lowest BCUT2D eigenvalue weighted by molar-refractivity contribution is -0.147. The van der Waals surface area contributed by atoms with Crippen LogP contribution in [0.3, 0.4) is 0 Å². The number of phenolic OH excluding ortho intramolecular Hbond substituents is 1. The molecule has 3 aromatic rings. The Kier molecular flexibility index (Phi) is 5.78. The predicted molar refractivity (Wildman–Crippen MR) is 120 cm³/mol. The van der Waals surface area contributed by atoms with Crippen molar-refractivity contribution < 1.29 is 19.0 Å². The van der Waals surface area contributed by atoms with Gasteiger partial charge in [0, 0.05) is 23.7 Å². The molecule has 0 bridgehead atoms. The smallest absolute Gasteiger partial charge is 0.302 e. The number of nitrogens with zero attached hydrogens (tertiary/aromatic N) is 1. The Balaban J connectivity index is 1.96. The molecule has 2 aromatic carbocycles. The third-order valence-corrected chi connectivity index (χ3v) is 6.36. The number of rotatable bonds is 4. The first-order chi connectivity index (χ1) is 14.8. The van der Waals surface area contributed by atoms with Crippen LogP contribution in [0, 0.1) is 12.7 Å². The number of carbonyl (C=O) groups excluding carboxylic acids is 1. The minimum Gasteiger partial charge on any atom is -0.507 e. The fourth-order valence-electron chi connectivity index (χ4n) is 5.15. The van der Waals surface area contributed by atoms with Crippen molar-refractivity contribution in [1.82, 2.24) is 4.57 Å². The summed E-state index contributed by atoms with van der Waals surface area (Å²) in [6.45, 7) is 7.52. The van der Waals surface area contributed by atoms with Gasteiger partial charge in [0.1, 0.15) is 17.7 Å². The van der Waals surface area contributed by atoms with Crippen molar-refractivity contribution in [2.45, 2.75) is 71.3 Å². The highest BCUT2D eigenvalue weighted by atomic mass is 19.1. The zero-order valence-corrected chi connectivity index (χ0v) is 18.6. The van der Waals surface area contributed by atoms with Gasteiger partial charge in [0.05, 0.1) is 5.52 Å². The van der Waals surface area contributed by atoms with Crippen molar-refractivity contribution in [3.8, 4) is 11.4 Å². The SMILES string of the molecule is CC(=O)O[C@H]1CCC[C@@H](c2c(C(C)C)n(-c3ccc(F)c(C)c3)c3cccc(O)c23)C1. The average Bonchev–Trinajstić information content (AvgIpc) is 3.07. The summed E-state index contributed by atoms with van der Waals surface area (Å²) in [5, 5.41) is 11.7. The molecule has 5 heteroatoms. The summed E-state index contributed by atoms with van der Waals surface area (Å²) in [4.78, 5) is 11.5. The number of ether oxygens (including phenoxy) is 1. The van der Waals surface area contributed by atoms with Crippen LogP contribution in [-0.4, -0.2) is 21.7 Å². The highest BCUT2D eigenvalue weighted by molar-refractivity contribution is 5.93. The van der Waals surface area contributed by atoms with E-state index in [1.165, 1.54) is 13.0 Å². The largest absolute Gasteiger partial charge is 0.507 e. The number of esters is 1. The van der Waals surface area contributed by atoms with Gasteiger partial charge in [0.2, 0.25) is 0 Å². The average molecular weight is 424 g/mol. The molecule has 0 aliphatic heterocycles. The Bertz CT molecular complexity index is 1130. The molecule has 1 saturated carbocycles. The normalized spacial score (nSPS) is 19.2. The van der Waals surface area contributed by atoms with Crippen LogP contribution < -0.4 is 0 Å². The monoisotopic (exact) mass is 423 g/mol. The Morgan fingerprint density at radius 1 is 1.23 bits per heavy atom. The summed E-state index contributed by atoms with van der Waals surface area (Å²) in [6, 6.07) is 10.7. The molecule has 4 rings (SSSR count). The van der Waals surface area contributed by atoms with Crippen LogP contribution in [0.15, 0.2) is 36.4 Å². The Hall–Kier alpha value is -2.82. The lowest BCUT2D eigenvalue weighted by Crippen LogP contribution is -2.24. The minimum absolute atomic E-state index is 0.103. The molecular formula is C26H30FNO3. The summed E-state index contributed by atoms with van der Waals surface area (Å²) in [5.74, 6) is 0.129. The maximum absolute atomic E-state index is 14.0. The number of halogens is 1. The number of aromatic nitrogens is 1. The van der Waals surface area contributed by atoms with Crippen molar-refractivity contribution >= 4 is 16.9 Å². The zero-order chi connectivity index (χ0) is 22.3. The molecule has 1 aliphatic carbocycles. The fraction of sp³-hybridized carbons (Fsp3) is 0.423. The molecule has 1 N–H and O–H groups in total. The number of aromatic hydroxyl groups is 1. The molecule has 2 atom stereocenters. The molecule has 1 aromatic heterocycles. The van der Waals surface area contributed by atoms with E-state index < -0.39 is 0 Å². The molecule has 164 valence electrons. The van der Waals surface area contributed by atoms with E-state index >= 15 is 0 Å². The third-order valence-electron chi connectivity index (χ3n) is 6.36. The van der Waals surface area contributed by atoms with Gasteiger partial charge in [0.25, 0.3) is 0 Å². The van der Waals surface area contributed by atoms with Gasteiger partial charge in [-0.2, -0.15) is 0 Å². The number of hydrogen-bond donors (Lipinski definition) is 1. The van der Waals surface area contributed by atoms with Crippen molar-refractivity contribution in [3.63, 3.8) is 0 Å². The van der Waals surface area contributed by atoms with Crippen molar-refractivity contribution in [2.24, 2.45) is 0 Å². The molecule has 0 saturated heterocycles. The minimum atomic E-state index is -0.248. The zero-order valence-electron chi connectivity index (χ0n) is 18.6. The van der Waals surface area contributed by atoms with Gasteiger partial charge in [-0.15, -0.1) is 0 Å². The van der Waals surface area contributed by atoms with Gasteiger partial charge in [0.15, 0.2) is 0 Å². The van der Waals surface area contributed by atoms with Crippen LogP contribution in [0.5, 0.6) is 5.75 Å². The second-order valence-electron chi connectivity index (χ2n) is 8.99. The molecule has 0 unspecified atom stereocenters. The number of phenols is 1. The molecule has 1 fully saturated rings. The second kappa shape index (κ2) is 8.37. The van der Waals surface area contributed by atoms with E-state index in [1.54, 1.807) is 19.1 Å². The first-order valence-electron chi connectivity index (χ1n) is 11.1. The van der Waals surface area contributed by atoms with E-state index in [1.807, 2.05) is 18.2 Å². The van der Waals surface area contributed by atoms with Crippen LogP contribution in [0.4, 0.5) is 4.39 Å². The molecule has 4 nitrogen and oxygen atoms in total. The van der Waals surface area contributed by atoms with Gasteiger partial charge in [-0.3, -0.25) is 4.79 Å². The highest BCUT2D eigenvalue weighted by Crippen LogP contribution is 2.46. The lowest BCUT2D eigenvalue weighted by Gasteiger charge is -2.30. The summed E-state index contributed by atoms with van der Waals surface area (Å²) in [6.07, 6.45) is 3.46. The van der Waals surface area contributed by atoms with Gasteiger partial charge < -0.3 is 14.4 Å². The second-order valence-corrected chi connectivity index (χ2v) is 8.99. The summed E-state index contributed by atoms with van der Waals surface area (Å²) >= 11 is 0. The van der Waals surface area contributed by atoms with Gasteiger partial charge in [-0.05, 0) is 85.9 Å². The predicted octanol–water partition coefficient (Wildman–Crippen LogP) is 6.50. The van der Waals surface area contributed by atoms with Crippen molar-refractivity contribution in [3.05, 3.63) is 59.0 Å². The standard InChI is InChI=1S/C26H30FNO3/c1-15(2)26-24(18-7-5-8-20(14-18)31-17(4)29)25-22(9-6-10-23(25)30)28(26)19-11-12-21(27)16(3)13-19/h6,9-13,15,18,20,30H,5,7-8,14H2,1-4H3/t18-,20+/m1/s1. The van der Waals surface area contributed by atoms with Gasteiger partial charge in [-0.1, -0.05) is 19.9 Å². The van der Waals surface area contributed by atoms with E-state index in [-0.39, 0.29) is 35.5 Å². The highest BCUT2D eigenvalue weighted by Gasteiger charge is 2.32. The summed E-state index contributed by atoms with van der Waals surface area (Å²) < 4.78 is 21.7. The number of benzene rings is 2. The first-order valence-corrected chi connectivity index (χ1v) is 11.1. The van der Waals surface area contributed by atoms with E-state index in [0.29, 0.717) is 5.56 Å². The number of hydrogen-bond acceptors (Lipinski definition) is 3. The Morgan fingerprint density at radius 2 is 2.00 bits per heavy atom. The van der Waals surface area contributed by atoms with Crippen LogP contribution in [0.2, 0.25) is 0 Å². The van der Waals surface area contributed by atoms with Crippen LogP contribution in [0.25, 0.3) is 16.6 Å². The van der Waals surface area contributed by atoms with E-state index in [4.69, 9.17) is 4.74 Å². The van der Waals surface area contributed by atoms with Crippen molar-refractivity contribution in [1.29, 1.82) is 0 Å².